The number of likely N-dealkylation sites (N-methyl/N-ethyl adjacent to an activating group) is 1. The first kappa shape index (κ1) is 12.1. The van der Waals surface area contributed by atoms with Gasteiger partial charge in [-0.2, -0.15) is 0 Å². The van der Waals surface area contributed by atoms with Crippen LogP contribution in [0.15, 0.2) is 15.2 Å². The Hall–Kier alpha value is 0.0600. The van der Waals surface area contributed by atoms with Crippen LogP contribution in [0.5, 0.6) is 0 Å². The third-order valence-corrected chi connectivity index (χ3v) is 3.71. The van der Waals surface area contributed by atoms with E-state index in [-0.39, 0.29) is 12.6 Å². The Bertz CT molecular complexity index is 276. The van der Waals surface area contributed by atoms with Crippen LogP contribution in [0.3, 0.4) is 0 Å². The average Bonchev–Trinajstić information content (AvgIpc) is 2.53. The summed E-state index contributed by atoms with van der Waals surface area (Å²) in [6.45, 7) is 1.42. The van der Waals surface area contributed by atoms with Gasteiger partial charge in [-0.1, -0.05) is 0 Å². The molecule has 0 saturated carbocycles. The monoisotopic (exact) mass is 278 g/mol. The van der Waals surface area contributed by atoms with E-state index in [9.17, 15) is 0 Å². The second-order valence-corrected chi connectivity index (χ2v) is 5.54. The largest absolute Gasteiger partial charge is 0.395 e. The number of nitrogens with zero attached hydrogens (tertiary/aromatic N) is 1. The van der Waals surface area contributed by atoms with Crippen molar-refractivity contribution >= 4 is 27.3 Å². The van der Waals surface area contributed by atoms with Crippen LogP contribution in [-0.2, 0) is 6.54 Å². The van der Waals surface area contributed by atoms with Gasteiger partial charge in [-0.05, 0) is 40.0 Å². The van der Waals surface area contributed by atoms with Crippen molar-refractivity contribution in [2.45, 2.75) is 12.6 Å². The Morgan fingerprint density at radius 1 is 1.71 bits per heavy atom. The number of hydrogen-bond donors (Lipinski definition) is 2. The van der Waals surface area contributed by atoms with Crippen molar-refractivity contribution in [1.29, 1.82) is 0 Å². The fourth-order valence-electron chi connectivity index (χ4n) is 1.24. The van der Waals surface area contributed by atoms with E-state index in [1.54, 1.807) is 11.3 Å². The molecule has 0 spiro atoms. The van der Waals surface area contributed by atoms with E-state index >= 15 is 0 Å². The molecule has 5 heteroatoms. The van der Waals surface area contributed by atoms with Gasteiger partial charge in [-0.15, -0.1) is 11.3 Å². The molecule has 0 aliphatic carbocycles. The van der Waals surface area contributed by atoms with Gasteiger partial charge in [0.15, 0.2) is 0 Å². The van der Waals surface area contributed by atoms with Gasteiger partial charge in [0, 0.05) is 19.1 Å². The van der Waals surface area contributed by atoms with Crippen LogP contribution in [0.2, 0.25) is 0 Å². The first-order valence-corrected chi connectivity index (χ1v) is 6.08. The highest BCUT2D eigenvalue weighted by Gasteiger charge is 2.12. The Balaban J connectivity index is 2.51. The molecule has 1 unspecified atom stereocenters. The van der Waals surface area contributed by atoms with Crippen LogP contribution in [0, 0.1) is 0 Å². The molecule has 3 N–H and O–H groups in total. The van der Waals surface area contributed by atoms with Gasteiger partial charge >= 0.3 is 0 Å². The smallest absolute Gasteiger partial charge is 0.0701 e. The third-order valence-electron chi connectivity index (χ3n) is 2.16. The van der Waals surface area contributed by atoms with Crippen molar-refractivity contribution in [2.75, 3.05) is 20.2 Å². The molecular formula is C9H15BrN2OS. The zero-order valence-corrected chi connectivity index (χ0v) is 10.5. The number of halogens is 1. The zero-order valence-electron chi connectivity index (χ0n) is 8.11. The second kappa shape index (κ2) is 5.82. The highest BCUT2D eigenvalue weighted by Crippen LogP contribution is 2.21. The molecular weight excluding hydrogens is 264 g/mol. The summed E-state index contributed by atoms with van der Waals surface area (Å²) in [5.41, 5.74) is 6.78. The second-order valence-electron chi connectivity index (χ2n) is 3.25. The third kappa shape index (κ3) is 3.33. The molecule has 0 saturated heterocycles. The summed E-state index contributed by atoms with van der Waals surface area (Å²) in [5, 5.41) is 11.2. The Kier molecular flexibility index (Phi) is 5.05. The van der Waals surface area contributed by atoms with Crippen LogP contribution in [0.1, 0.15) is 5.56 Å². The van der Waals surface area contributed by atoms with Gasteiger partial charge in [0.25, 0.3) is 0 Å². The molecule has 1 aromatic rings. The molecule has 0 aromatic carbocycles. The summed E-state index contributed by atoms with van der Waals surface area (Å²) >= 11 is 5.09. The van der Waals surface area contributed by atoms with E-state index in [0.717, 1.165) is 10.3 Å². The molecule has 1 aromatic heterocycles. The number of aliphatic hydroxyl groups is 1. The number of nitrogens with two attached hydrogens (primary N) is 1. The lowest BCUT2D eigenvalue weighted by molar-refractivity contribution is 0.147. The Morgan fingerprint density at radius 2 is 2.43 bits per heavy atom. The lowest BCUT2D eigenvalue weighted by atomic mass is 10.2. The van der Waals surface area contributed by atoms with Gasteiger partial charge < -0.3 is 10.8 Å². The summed E-state index contributed by atoms with van der Waals surface area (Å²) in [6, 6.07) is 2.14. The number of thiophene rings is 1. The fourth-order valence-corrected chi connectivity index (χ4v) is 2.44. The van der Waals surface area contributed by atoms with E-state index < -0.39 is 0 Å². The summed E-state index contributed by atoms with van der Waals surface area (Å²) < 4.78 is 1.13. The molecule has 80 valence electrons. The first-order chi connectivity index (χ1) is 6.67. The minimum absolute atomic E-state index is 0.0497. The Labute approximate surface area is 96.7 Å². The van der Waals surface area contributed by atoms with Crippen LogP contribution >= 0.6 is 27.3 Å². The topological polar surface area (TPSA) is 49.5 Å². The predicted octanol–water partition coefficient (Wildman–Crippen LogP) is 1.26. The lowest BCUT2D eigenvalue weighted by Crippen LogP contribution is -2.40. The van der Waals surface area contributed by atoms with Crippen molar-refractivity contribution in [3.05, 3.63) is 20.8 Å². The van der Waals surface area contributed by atoms with Crippen molar-refractivity contribution in [1.82, 2.24) is 4.90 Å². The Morgan fingerprint density at radius 3 is 2.86 bits per heavy atom. The molecule has 0 aliphatic rings. The van der Waals surface area contributed by atoms with E-state index in [1.807, 2.05) is 7.05 Å². The maximum absolute atomic E-state index is 9.05. The summed E-state index contributed by atoms with van der Waals surface area (Å²) in [6.07, 6.45) is 0. The molecule has 0 fully saturated rings. The van der Waals surface area contributed by atoms with Crippen molar-refractivity contribution in [2.24, 2.45) is 5.73 Å². The average molecular weight is 279 g/mol. The maximum Gasteiger partial charge on any atom is 0.0701 e. The normalized spacial score (nSPS) is 13.5. The number of hydrogen-bond acceptors (Lipinski definition) is 4. The van der Waals surface area contributed by atoms with E-state index in [1.165, 1.54) is 5.56 Å². The standard InChI is InChI=1S/C9H15BrN2OS/c1-12(8(3-11)5-13)4-7-2-9(10)14-6-7/h2,6,8,13H,3-5,11H2,1H3. The van der Waals surface area contributed by atoms with Crippen LogP contribution in [0.25, 0.3) is 0 Å². The minimum Gasteiger partial charge on any atom is -0.395 e. The van der Waals surface area contributed by atoms with E-state index in [2.05, 4.69) is 32.3 Å². The highest BCUT2D eigenvalue weighted by atomic mass is 79.9. The molecule has 0 amide bonds. The summed E-state index contributed by atoms with van der Waals surface area (Å²) in [5.74, 6) is 0. The molecule has 0 radical (unpaired) electrons. The zero-order chi connectivity index (χ0) is 10.6. The van der Waals surface area contributed by atoms with Crippen LogP contribution < -0.4 is 5.73 Å². The van der Waals surface area contributed by atoms with Crippen LogP contribution in [-0.4, -0.2) is 36.2 Å². The predicted molar refractivity (Wildman–Crippen MR) is 63.4 cm³/mol. The summed E-state index contributed by atoms with van der Waals surface area (Å²) in [7, 11) is 1.97. The van der Waals surface area contributed by atoms with Gasteiger partial charge in [-0.25, -0.2) is 0 Å². The lowest BCUT2D eigenvalue weighted by Gasteiger charge is -2.24. The molecule has 0 bridgehead atoms. The van der Waals surface area contributed by atoms with Gasteiger partial charge in [-0.3, -0.25) is 4.90 Å². The van der Waals surface area contributed by atoms with Gasteiger partial charge in [0.05, 0.1) is 10.4 Å². The molecule has 1 rings (SSSR count). The minimum atomic E-state index is 0.0497. The molecule has 14 heavy (non-hydrogen) atoms. The van der Waals surface area contributed by atoms with Gasteiger partial charge in [0.2, 0.25) is 0 Å². The van der Waals surface area contributed by atoms with E-state index in [0.29, 0.717) is 6.54 Å². The SMILES string of the molecule is CN(Cc1csc(Br)c1)C(CN)CO. The number of aliphatic hydroxyl groups excluding tert-OH is 1. The van der Waals surface area contributed by atoms with E-state index in [4.69, 9.17) is 10.8 Å². The quantitative estimate of drug-likeness (QED) is 0.853. The summed E-state index contributed by atoms with van der Waals surface area (Å²) in [4.78, 5) is 2.06. The highest BCUT2D eigenvalue weighted by molar-refractivity contribution is 9.11. The van der Waals surface area contributed by atoms with Crippen molar-refractivity contribution < 1.29 is 5.11 Å². The maximum atomic E-state index is 9.05. The molecule has 1 atom stereocenters. The first-order valence-electron chi connectivity index (χ1n) is 4.41. The molecule has 0 aliphatic heterocycles. The van der Waals surface area contributed by atoms with Crippen molar-refractivity contribution in [3.8, 4) is 0 Å². The molecule has 3 nitrogen and oxygen atoms in total. The van der Waals surface area contributed by atoms with Gasteiger partial charge in [0.1, 0.15) is 0 Å². The van der Waals surface area contributed by atoms with Crippen LogP contribution in [0.4, 0.5) is 0 Å². The fraction of sp³-hybridized carbons (Fsp3) is 0.556. The molecule has 1 heterocycles. The van der Waals surface area contributed by atoms with Crippen molar-refractivity contribution in [3.63, 3.8) is 0 Å². The number of rotatable bonds is 5.